The number of nitrogens with one attached hydrogen (secondary N) is 3. The number of alkyl halides is 3. The van der Waals surface area contributed by atoms with E-state index in [-0.39, 0.29) is 55.1 Å². The van der Waals surface area contributed by atoms with Gasteiger partial charge in [-0.2, -0.15) is 13.2 Å². The third kappa shape index (κ3) is 11.4. The average molecular weight is 904 g/mol. The fourth-order valence-corrected chi connectivity index (χ4v) is 8.78. The molecule has 5 N–H and O–H groups in total. The Bertz CT molecular complexity index is 2650. The van der Waals surface area contributed by atoms with E-state index >= 15 is 0 Å². The minimum atomic E-state index is -4.49. The molecule has 12 nitrogen and oxygen atoms in total. The molecule has 0 radical (unpaired) electrons. The summed E-state index contributed by atoms with van der Waals surface area (Å²) in [5.74, 6) is 0.532. The molecule has 5 aromatic carbocycles. The van der Waals surface area contributed by atoms with Crippen LogP contribution in [0.3, 0.4) is 0 Å². The highest BCUT2D eigenvalue weighted by Crippen LogP contribution is 2.32. The summed E-state index contributed by atoms with van der Waals surface area (Å²) in [7, 11) is 0. The molecule has 4 heterocycles. The van der Waals surface area contributed by atoms with Crippen LogP contribution < -0.4 is 20.9 Å². The molecule has 3 aliphatic rings. The molecule has 9 rings (SSSR count). The molecule has 2 bridgehead atoms. The normalized spacial score (nSPS) is 17.8. The molecule has 3 saturated heterocycles. The lowest BCUT2D eigenvalue weighted by atomic mass is 9.86. The van der Waals surface area contributed by atoms with Gasteiger partial charge in [0.05, 0.1) is 23.2 Å². The van der Waals surface area contributed by atoms with Gasteiger partial charge < -0.3 is 40.2 Å². The lowest BCUT2D eigenvalue weighted by Gasteiger charge is -2.43. The molecule has 66 heavy (non-hydrogen) atoms. The second kappa shape index (κ2) is 20.7. The van der Waals surface area contributed by atoms with Crippen LogP contribution in [-0.2, 0) is 24.1 Å². The van der Waals surface area contributed by atoms with Gasteiger partial charge in [-0.25, -0.2) is 4.79 Å². The van der Waals surface area contributed by atoms with E-state index in [9.17, 15) is 37.8 Å². The first-order valence-corrected chi connectivity index (χ1v) is 22.1. The van der Waals surface area contributed by atoms with Gasteiger partial charge in [-0.05, 0) is 121 Å². The van der Waals surface area contributed by atoms with Crippen molar-refractivity contribution in [2.45, 2.75) is 56.8 Å². The van der Waals surface area contributed by atoms with Crippen LogP contribution in [0.1, 0.15) is 75.1 Å². The van der Waals surface area contributed by atoms with Crippen molar-refractivity contribution >= 4 is 22.9 Å². The van der Waals surface area contributed by atoms with Crippen molar-refractivity contribution in [3.8, 4) is 11.5 Å². The number of amides is 2. The number of ether oxygens (including phenoxy) is 2. The highest BCUT2D eigenvalue weighted by molar-refractivity contribution is 5.94. The number of rotatable bonds is 17. The fraction of sp³-hybridized carbons (Fsp3) is 0.314. The molecule has 15 heteroatoms. The summed E-state index contributed by atoms with van der Waals surface area (Å²) in [4.78, 5) is 45.6. The van der Waals surface area contributed by atoms with Gasteiger partial charge in [0, 0.05) is 43.2 Å². The van der Waals surface area contributed by atoms with E-state index in [1.54, 1.807) is 35.2 Å². The molecule has 2 amide bonds. The SMILES string of the molecule is O=C(N[C@@H](c1ccccc1)c1cccc(OCc2ccc(C(=O)N(CCCNC[C@H](O)c3ccc(O)c4[nH]c(=O)ccc34)Cc3ccc(C(F)(F)F)cc3)cc2)c1)O[C@H]1CN2CCC1CC2. The number of aliphatic hydroxyl groups is 1. The number of phenolic OH excluding ortho intramolecular Hbond substituents is 1. The molecule has 6 aromatic rings. The number of aromatic hydroxyl groups is 1. The van der Waals surface area contributed by atoms with Crippen LogP contribution in [0.2, 0.25) is 0 Å². The second-order valence-corrected chi connectivity index (χ2v) is 16.9. The van der Waals surface area contributed by atoms with E-state index in [4.69, 9.17) is 9.47 Å². The predicted molar refractivity (Wildman–Crippen MR) is 243 cm³/mol. The molecular formula is C51H52F3N5O7. The highest BCUT2D eigenvalue weighted by Gasteiger charge is 2.37. The van der Waals surface area contributed by atoms with Gasteiger partial charge >= 0.3 is 12.3 Å². The van der Waals surface area contributed by atoms with E-state index < -0.39 is 30.0 Å². The molecule has 0 unspecified atom stereocenters. The minimum Gasteiger partial charge on any atom is -0.506 e. The number of H-pyrrole nitrogens is 1. The van der Waals surface area contributed by atoms with Crippen LogP contribution in [-0.4, -0.2) is 82.4 Å². The monoisotopic (exact) mass is 903 g/mol. The molecule has 0 aliphatic carbocycles. The Morgan fingerprint density at radius 2 is 1.59 bits per heavy atom. The Kier molecular flexibility index (Phi) is 14.4. The van der Waals surface area contributed by atoms with Gasteiger partial charge in [-0.1, -0.05) is 72.8 Å². The van der Waals surface area contributed by atoms with Crippen LogP contribution >= 0.6 is 0 Å². The highest BCUT2D eigenvalue weighted by atomic mass is 19.4. The zero-order valence-corrected chi connectivity index (χ0v) is 36.2. The van der Waals surface area contributed by atoms with Crippen LogP contribution in [0.25, 0.3) is 10.9 Å². The average Bonchev–Trinajstić information content (AvgIpc) is 3.33. The molecule has 0 saturated carbocycles. The summed E-state index contributed by atoms with van der Waals surface area (Å²) in [5, 5.41) is 28.0. The minimum absolute atomic E-state index is 0.0642. The largest absolute Gasteiger partial charge is 0.506 e. The number of carbonyl (C=O) groups is 2. The Morgan fingerprint density at radius 1 is 0.864 bits per heavy atom. The number of aliphatic hydroxyl groups excluding tert-OH is 1. The maximum absolute atomic E-state index is 14.0. The number of nitrogens with zero attached hydrogens (tertiary/aromatic N) is 2. The standard InChI is InChI=1S/C51H52F3N5O7/c52-51(53,54)39-16-12-33(13-17-39)30-59(25-5-24-55-29-44(61)41-18-20-43(60)48-42(41)19-21-46(62)56-48)49(63)37-14-10-34(11-15-37)32-65-40-9-4-8-38(28-40)47(36-6-2-1-3-7-36)57-50(64)66-45-31-58-26-22-35(45)23-27-58/h1-4,6-21,28,35,44-45,47,55,60-61H,5,22-27,29-32H2,(H,56,62)(H,57,64)/t44-,45-,47-/m0/s1. The van der Waals surface area contributed by atoms with Crippen molar-refractivity contribution in [1.29, 1.82) is 0 Å². The summed E-state index contributed by atoms with van der Waals surface area (Å²) in [6, 6.07) is 34.3. The molecule has 1 aromatic heterocycles. The number of halogens is 3. The van der Waals surface area contributed by atoms with Gasteiger partial charge in [0.1, 0.15) is 24.2 Å². The van der Waals surface area contributed by atoms with Crippen molar-refractivity contribution < 1.29 is 42.4 Å². The number of alkyl carbamates (subject to hydrolysis) is 1. The molecule has 344 valence electrons. The van der Waals surface area contributed by atoms with Gasteiger partial charge in [0.25, 0.3) is 5.91 Å². The first kappa shape index (κ1) is 45.9. The third-order valence-electron chi connectivity index (χ3n) is 12.4. The van der Waals surface area contributed by atoms with Crippen molar-refractivity contribution in [2.24, 2.45) is 5.92 Å². The lowest BCUT2D eigenvalue weighted by Crippen LogP contribution is -2.52. The summed E-state index contributed by atoms with van der Waals surface area (Å²) in [5.41, 5.74) is 2.98. The zero-order chi connectivity index (χ0) is 46.2. The van der Waals surface area contributed by atoms with Crippen molar-refractivity contribution in [3.63, 3.8) is 0 Å². The number of carbonyl (C=O) groups excluding carboxylic acids is 2. The predicted octanol–water partition coefficient (Wildman–Crippen LogP) is 8.10. The van der Waals surface area contributed by atoms with Crippen molar-refractivity contribution in [2.75, 3.05) is 39.3 Å². The molecule has 3 atom stereocenters. The lowest BCUT2D eigenvalue weighted by molar-refractivity contribution is -0.137. The zero-order valence-electron chi connectivity index (χ0n) is 36.2. The van der Waals surface area contributed by atoms with Crippen molar-refractivity contribution in [3.05, 3.63) is 177 Å². The van der Waals surface area contributed by atoms with Gasteiger partial charge in [0.2, 0.25) is 5.56 Å². The number of piperidine rings is 3. The maximum Gasteiger partial charge on any atom is 0.416 e. The maximum atomic E-state index is 14.0. The Morgan fingerprint density at radius 3 is 2.30 bits per heavy atom. The Hall–Kier alpha value is -6.68. The number of hydrogen-bond acceptors (Lipinski definition) is 9. The number of benzene rings is 5. The number of phenols is 1. The Labute approximate surface area is 380 Å². The van der Waals surface area contributed by atoms with Crippen LogP contribution in [0.5, 0.6) is 11.5 Å². The van der Waals surface area contributed by atoms with E-state index in [2.05, 4.69) is 20.5 Å². The summed E-state index contributed by atoms with van der Waals surface area (Å²) < 4.78 is 52.2. The number of aromatic amines is 1. The van der Waals surface area contributed by atoms with Crippen molar-refractivity contribution in [1.82, 2.24) is 25.4 Å². The molecule has 0 spiro atoms. The quantitative estimate of drug-likeness (QED) is 0.0571. The summed E-state index contributed by atoms with van der Waals surface area (Å²) in [6.07, 6.45) is -3.55. The smallest absolute Gasteiger partial charge is 0.416 e. The molecule has 3 aliphatic heterocycles. The summed E-state index contributed by atoms with van der Waals surface area (Å²) >= 11 is 0. The van der Waals surface area contributed by atoms with E-state index in [1.165, 1.54) is 30.3 Å². The molecular weight excluding hydrogens is 852 g/mol. The number of fused-ring (bicyclic) bond motifs is 4. The van der Waals surface area contributed by atoms with E-state index in [1.807, 2.05) is 54.6 Å². The van der Waals surface area contributed by atoms with Crippen LogP contribution in [0, 0.1) is 5.92 Å². The number of hydrogen-bond donors (Lipinski definition) is 5. The van der Waals surface area contributed by atoms with Crippen LogP contribution in [0.4, 0.5) is 18.0 Å². The Balaban J connectivity index is 0.895. The second-order valence-electron chi connectivity index (χ2n) is 16.9. The van der Waals surface area contributed by atoms with E-state index in [0.717, 1.165) is 61.3 Å². The molecule has 3 fully saturated rings. The van der Waals surface area contributed by atoms with Gasteiger partial charge in [0.15, 0.2) is 0 Å². The third-order valence-corrected chi connectivity index (χ3v) is 12.4. The number of aromatic nitrogens is 1. The van der Waals surface area contributed by atoms with Crippen LogP contribution in [0.15, 0.2) is 132 Å². The topological polar surface area (TPSA) is 156 Å². The first-order chi connectivity index (χ1) is 31.9. The number of pyridine rings is 1. The summed E-state index contributed by atoms with van der Waals surface area (Å²) in [6.45, 7) is 3.89. The van der Waals surface area contributed by atoms with E-state index in [0.29, 0.717) is 46.7 Å². The fourth-order valence-electron chi connectivity index (χ4n) is 8.78. The van der Waals surface area contributed by atoms with Gasteiger partial charge in [-0.3, -0.25) is 14.5 Å². The first-order valence-electron chi connectivity index (χ1n) is 22.1. The van der Waals surface area contributed by atoms with Gasteiger partial charge in [-0.15, -0.1) is 0 Å².